The van der Waals surface area contributed by atoms with Crippen molar-refractivity contribution in [1.29, 1.82) is 0 Å². The lowest BCUT2D eigenvalue weighted by Crippen LogP contribution is -2.26. The monoisotopic (exact) mass is 333 g/mol. The molecule has 2 heterocycles. The molecule has 0 spiro atoms. The van der Waals surface area contributed by atoms with Crippen LogP contribution in [0.1, 0.15) is 11.6 Å². The first kappa shape index (κ1) is 14.7. The molecule has 4 nitrogen and oxygen atoms in total. The third kappa shape index (κ3) is 2.81. The summed E-state index contributed by atoms with van der Waals surface area (Å²) in [5.74, 6) is -0.101. The van der Waals surface area contributed by atoms with Crippen LogP contribution < -0.4 is 5.32 Å². The Balaban J connectivity index is 1.66. The molecule has 0 aliphatic carbocycles. The Hall–Kier alpha value is -2.92. The van der Waals surface area contributed by atoms with Gasteiger partial charge in [0, 0.05) is 12.4 Å². The molecular weight excluding hydrogens is 318 g/mol. The Kier molecular flexibility index (Phi) is 3.84. The quantitative estimate of drug-likeness (QED) is 0.604. The number of thiazole rings is 1. The highest BCUT2D eigenvalue weighted by Gasteiger charge is 2.22. The van der Waals surface area contributed by atoms with E-state index in [0.717, 1.165) is 15.8 Å². The third-order valence-electron chi connectivity index (χ3n) is 3.81. The van der Waals surface area contributed by atoms with Gasteiger partial charge in [0.1, 0.15) is 6.04 Å². The number of carbonyl (C=O) groups excluding carboxylic acids is 1. The number of nitrogens with one attached hydrogen (secondary N) is 1. The van der Waals surface area contributed by atoms with Gasteiger partial charge in [0.05, 0.1) is 10.2 Å². The van der Waals surface area contributed by atoms with Crippen molar-refractivity contribution < 1.29 is 4.79 Å². The summed E-state index contributed by atoms with van der Waals surface area (Å²) < 4.78 is 2.96. The molecular formula is C19H15N3OS. The third-order valence-corrected chi connectivity index (χ3v) is 4.77. The summed E-state index contributed by atoms with van der Waals surface area (Å²) in [6, 6.07) is 21.0. The number of anilines is 1. The lowest BCUT2D eigenvalue weighted by molar-refractivity contribution is -0.118. The highest BCUT2D eigenvalue weighted by atomic mass is 32.1. The molecule has 0 saturated heterocycles. The first-order chi connectivity index (χ1) is 11.8. The number of nitrogens with zero attached hydrogens (tertiary/aromatic N) is 2. The topological polar surface area (TPSA) is 46.9 Å². The van der Waals surface area contributed by atoms with E-state index >= 15 is 0 Å². The zero-order chi connectivity index (χ0) is 16.4. The Labute approximate surface area is 143 Å². The fourth-order valence-corrected chi connectivity index (χ4v) is 3.58. The maximum atomic E-state index is 12.9. The predicted molar refractivity (Wildman–Crippen MR) is 97.3 cm³/mol. The fourth-order valence-electron chi connectivity index (χ4n) is 2.71. The second-order valence-corrected chi connectivity index (χ2v) is 6.45. The van der Waals surface area contributed by atoms with Gasteiger partial charge in [-0.15, -0.1) is 0 Å². The van der Waals surface area contributed by atoms with Gasteiger partial charge >= 0.3 is 0 Å². The summed E-state index contributed by atoms with van der Waals surface area (Å²) >= 11 is 1.48. The van der Waals surface area contributed by atoms with Crippen molar-refractivity contribution in [3.05, 3.63) is 84.7 Å². The first-order valence-electron chi connectivity index (χ1n) is 7.65. The lowest BCUT2D eigenvalue weighted by Gasteiger charge is -2.18. The highest BCUT2D eigenvalue weighted by molar-refractivity contribution is 7.22. The first-order valence-corrected chi connectivity index (χ1v) is 8.47. The van der Waals surface area contributed by atoms with Crippen molar-refractivity contribution in [2.75, 3.05) is 5.32 Å². The van der Waals surface area contributed by atoms with E-state index in [1.165, 1.54) is 11.3 Å². The normalized spacial score (nSPS) is 12.2. The molecule has 1 amide bonds. The largest absolute Gasteiger partial charge is 0.338 e. The Morgan fingerprint density at radius 3 is 2.42 bits per heavy atom. The summed E-state index contributed by atoms with van der Waals surface area (Å²) in [4.78, 5) is 17.4. The van der Waals surface area contributed by atoms with Crippen molar-refractivity contribution in [3.63, 3.8) is 0 Å². The summed E-state index contributed by atoms with van der Waals surface area (Å²) in [6.45, 7) is 0. The second kappa shape index (κ2) is 6.29. The van der Waals surface area contributed by atoms with Crippen LogP contribution in [0.5, 0.6) is 0 Å². The van der Waals surface area contributed by atoms with E-state index in [2.05, 4.69) is 10.3 Å². The molecule has 0 aliphatic rings. The smallest absolute Gasteiger partial charge is 0.253 e. The summed E-state index contributed by atoms with van der Waals surface area (Å²) in [5.41, 5.74) is 1.84. The van der Waals surface area contributed by atoms with Crippen molar-refractivity contribution in [3.8, 4) is 0 Å². The number of para-hydroxylation sites is 1. The van der Waals surface area contributed by atoms with E-state index in [0.29, 0.717) is 5.13 Å². The van der Waals surface area contributed by atoms with Gasteiger partial charge in [-0.25, -0.2) is 4.98 Å². The predicted octanol–water partition coefficient (Wildman–Crippen LogP) is 4.33. The molecule has 2 aromatic carbocycles. The summed E-state index contributed by atoms with van der Waals surface area (Å²) in [5, 5.41) is 3.59. The molecule has 0 radical (unpaired) electrons. The molecule has 4 rings (SSSR count). The molecule has 1 N–H and O–H groups in total. The number of hydrogen-bond acceptors (Lipinski definition) is 3. The number of aromatic nitrogens is 2. The molecule has 5 heteroatoms. The van der Waals surface area contributed by atoms with Crippen LogP contribution in [0.2, 0.25) is 0 Å². The van der Waals surface area contributed by atoms with Crippen LogP contribution in [-0.4, -0.2) is 15.5 Å². The Morgan fingerprint density at radius 2 is 1.67 bits per heavy atom. The highest BCUT2D eigenvalue weighted by Crippen LogP contribution is 2.27. The second-order valence-electron chi connectivity index (χ2n) is 5.42. The number of hydrogen-bond donors (Lipinski definition) is 1. The van der Waals surface area contributed by atoms with Crippen LogP contribution in [0.3, 0.4) is 0 Å². The standard InChI is InChI=1S/C19H15N3OS/c23-18(21-19-20-15-10-4-5-11-16(15)24-19)17(22-12-6-7-13-22)14-8-2-1-3-9-14/h1-13,17H,(H,20,21,23). The van der Waals surface area contributed by atoms with Gasteiger partial charge in [0.25, 0.3) is 5.91 Å². The molecule has 0 fully saturated rings. The molecule has 1 atom stereocenters. The van der Waals surface area contributed by atoms with Crippen LogP contribution >= 0.6 is 11.3 Å². The van der Waals surface area contributed by atoms with E-state index in [1.807, 2.05) is 83.7 Å². The van der Waals surface area contributed by atoms with Crippen LogP contribution in [0.25, 0.3) is 10.2 Å². The summed E-state index contributed by atoms with van der Waals surface area (Å²) in [7, 11) is 0. The molecule has 2 aromatic heterocycles. The van der Waals surface area contributed by atoms with Gasteiger partial charge in [0.2, 0.25) is 0 Å². The number of benzene rings is 2. The van der Waals surface area contributed by atoms with Crippen molar-refractivity contribution in [2.45, 2.75) is 6.04 Å². The van der Waals surface area contributed by atoms with Crippen LogP contribution in [0, 0.1) is 0 Å². The Bertz CT molecular complexity index is 928. The van der Waals surface area contributed by atoms with E-state index in [9.17, 15) is 4.79 Å². The van der Waals surface area contributed by atoms with Gasteiger partial charge in [-0.3, -0.25) is 10.1 Å². The minimum absolute atomic E-state index is 0.101. The molecule has 24 heavy (non-hydrogen) atoms. The number of rotatable bonds is 4. The minimum atomic E-state index is -0.423. The number of amides is 1. The summed E-state index contributed by atoms with van der Waals surface area (Å²) in [6.07, 6.45) is 3.80. The average Bonchev–Trinajstić information content (AvgIpc) is 3.25. The Morgan fingerprint density at radius 1 is 0.958 bits per heavy atom. The van der Waals surface area contributed by atoms with Crippen LogP contribution in [0.15, 0.2) is 79.1 Å². The molecule has 4 aromatic rings. The van der Waals surface area contributed by atoms with Crippen molar-refractivity contribution in [2.24, 2.45) is 0 Å². The van der Waals surface area contributed by atoms with Gasteiger partial charge in [-0.1, -0.05) is 53.8 Å². The molecule has 1 unspecified atom stereocenters. The van der Waals surface area contributed by atoms with E-state index < -0.39 is 6.04 Å². The number of fused-ring (bicyclic) bond motifs is 1. The fraction of sp³-hybridized carbons (Fsp3) is 0.0526. The molecule has 0 saturated carbocycles. The van der Waals surface area contributed by atoms with E-state index in [-0.39, 0.29) is 5.91 Å². The SMILES string of the molecule is O=C(Nc1nc2ccccc2s1)C(c1ccccc1)n1cccc1. The average molecular weight is 333 g/mol. The van der Waals surface area contributed by atoms with Gasteiger partial charge < -0.3 is 4.57 Å². The van der Waals surface area contributed by atoms with Crippen LogP contribution in [-0.2, 0) is 4.79 Å². The molecule has 118 valence electrons. The molecule has 0 aliphatic heterocycles. The van der Waals surface area contributed by atoms with Gasteiger partial charge in [0.15, 0.2) is 5.13 Å². The number of carbonyl (C=O) groups is 1. The molecule has 0 bridgehead atoms. The lowest BCUT2D eigenvalue weighted by atomic mass is 10.1. The van der Waals surface area contributed by atoms with Crippen molar-refractivity contribution in [1.82, 2.24) is 9.55 Å². The van der Waals surface area contributed by atoms with E-state index in [1.54, 1.807) is 0 Å². The zero-order valence-corrected chi connectivity index (χ0v) is 13.6. The van der Waals surface area contributed by atoms with Crippen molar-refractivity contribution >= 4 is 32.6 Å². The van der Waals surface area contributed by atoms with Crippen LogP contribution in [0.4, 0.5) is 5.13 Å². The van der Waals surface area contributed by atoms with E-state index in [4.69, 9.17) is 0 Å². The zero-order valence-electron chi connectivity index (χ0n) is 12.8. The van der Waals surface area contributed by atoms with Gasteiger partial charge in [-0.05, 0) is 29.8 Å². The maximum Gasteiger partial charge on any atom is 0.253 e. The van der Waals surface area contributed by atoms with Gasteiger partial charge in [-0.2, -0.15) is 0 Å². The minimum Gasteiger partial charge on any atom is -0.338 e. The maximum absolute atomic E-state index is 12.9.